The molecular formula is C14H19F3N2. The lowest BCUT2D eigenvalue weighted by atomic mass is 10.0. The van der Waals surface area contributed by atoms with Gasteiger partial charge in [-0.05, 0) is 50.2 Å². The van der Waals surface area contributed by atoms with Crippen molar-refractivity contribution in [1.29, 1.82) is 0 Å². The highest BCUT2D eigenvalue weighted by Gasteiger charge is 2.18. The number of piperidine rings is 1. The topological polar surface area (TPSA) is 15.3 Å². The van der Waals surface area contributed by atoms with E-state index in [0.717, 1.165) is 44.6 Å². The summed E-state index contributed by atoms with van der Waals surface area (Å²) in [5, 5.41) is 3.27. The molecule has 2 rings (SSSR count). The molecule has 1 aliphatic heterocycles. The van der Waals surface area contributed by atoms with Crippen molar-refractivity contribution in [1.82, 2.24) is 10.2 Å². The lowest BCUT2D eigenvalue weighted by molar-refractivity contribution is 0.206. The van der Waals surface area contributed by atoms with Gasteiger partial charge in [0.05, 0.1) is 0 Å². The molecule has 0 radical (unpaired) electrons. The van der Waals surface area contributed by atoms with Crippen molar-refractivity contribution in [2.24, 2.45) is 0 Å². The van der Waals surface area contributed by atoms with Crippen LogP contribution in [0.4, 0.5) is 13.2 Å². The van der Waals surface area contributed by atoms with E-state index in [1.807, 2.05) is 0 Å². The summed E-state index contributed by atoms with van der Waals surface area (Å²) >= 11 is 0. The first-order valence-electron chi connectivity index (χ1n) is 6.69. The first kappa shape index (κ1) is 14.3. The summed E-state index contributed by atoms with van der Waals surface area (Å²) in [4.78, 5) is 2.37. The van der Waals surface area contributed by atoms with E-state index in [0.29, 0.717) is 18.2 Å². The van der Waals surface area contributed by atoms with Gasteiger partial charge in [-0.15, -0.1) is 0 Å². The molecule has 1 N–H and O–H groups in total. The number of benzene rings is 1. The van der Waals surface area contributed by atoms with Crippen molar-refractivity contribution >= 4 is 0 Å². The molecule has 1 aromatic carbocycles. The van der Waals surface area contributed by atoms with E-state index in [9.17, 15) is 13.2 Å². The van der Waals surface area contributed by atoms with E-state index in [1.165, 1.54) is 0 Å². The van der Waals surface area contributed by atoms with E-state index in [4.69, 9.17) is 0 Å². The lowest BCUT2D eigenvalue weighted by Gasteiger charge is -2.31. The molecule has 1 fully saturated rings. The molecule has 1 heterocycles. The maximum absolute atomic E-state index is 13.1. The molecule has 1 aliphatic rings. The van der Waals surface area contributed by atoms with E-state index >= 15 is 0 Å². The molecule has 0 aliphatic carbocycles. The molecule has 1 aromatic rings. The summed E-state index contributed by atoms with van der Waals surface area (Å²) in [7, 11) is 0. The third kappa shape index (κ3) is 3.70. The molecule has 0 unspecified atom stereocenters. The molecule has 0 bridgehead atoms. The van der Waals surface area contributed by atoms with Crippen LogP contribution in [-0.4, -0.2) is 30.6 Å². The maximum Gasteiger partial charge on any atom is 0.194 e. The van der Waals surface area contributed by atoms with Crippen molar-refractivity contribution in [2.75, 3.05) is 19.6 Å². The van der Waals surface area contributed by atoms with Crippen LogP contribution in [-0.2, 0) is 6.54 Å². The molecule has 0 spiro atoms. The lowest BCUT2D eigenvalue weighted by Crippen LogP contribution is -2.42. The summed E-state index contributed by atoms with van der Waals surface area (Å²) in [5.74, 6) is -3.66. The molecule has 0 amide bonds. The summed E-state index contributed by atoms with van der Waals surface area (Å²) in [6.07, 6.45) is 2.06. The molecule has 2 nitrogen and oxygen atoms in total. The first-order chi connectivity index (χ1) is 9.10. The van der Waals surface area contributed by atoms with E-state index in [1.54, 1.807) is 0 Å². The Morgan fingerprint density at radius 2 is 1.74 bits per heavy atom. The van der Waals surface area contributed by atoms with Crippen molar-refractivity contribution in [3.63, 3.8) is 0 Å². The molecule has 106 valence electrons. The third-order valence-electron chi connectivity index (χ3n) is 3.67. The standard InChI is InChI=1S/C14H19F3N2/c1-2-19-5-3-11(4-6-19)18-9-10-7-12(15)14(17)13(16)8-10/h7-8,11,18H,2-6,9H2,1H3. The van der Waals surface area contributed by atoms with Gasteiger partial charge in [0, 0.05) is 12.6 Å². The quantitative estimate of drug-likeness (QED) is 0.848. The minimum atomic E-state index is -1.40. The van der Waals surface area contributed by atoms with Gasteiger partial charge in [-0.2, -0.15) is 0 Å². The fourth-order valence-electron chi connectivity index (χ4n) is 2.43. The normalized spacial score (nSPS) is 17.9. The van der Waals surface area contributed by atoms with Crippen LogP contribution >= 0.6 is 0 Å². The number of rotatable bonds is 4. The second-order valence-electron chi connectivity index (χ2n) is 4.96. The van der Waals surface area contributed by atoms with Gasteiger partial charge in [0.15, 0.2) is 17.5 Å². The van der Waals surface area contributed by atoms with Gasteiger partial charge < -0.3 is 10.2 Å². The van der Waals surface area contributed by atoms with E-state index in [-0.39, 0.29) is 0 Å². The Morgan fingerprint density at radius 3 is 2.26 bits per heavy atom. The van der Waals surface area contributed by atoms with Crippen molar-refractivity contribution in [3.8, 4) is 0 Å². The van der Waals surface area contributed by atoms with Crippen LogP contribution in [0.5, 0.6) is 0 Å². The summed E-state index contributed by atoms with van der Waals surface area (Å²) in [6, 6.07) is 2.46. The van der Waals surface area contributed by atoms with Crippen LogP contribution in [0.1, 0.15) is 25.3 Å². The van der Waals surface area contributed by atoms with E-state index in [2.05, 4.69) is 17.1 Å². The van der Waals surface area contributed by atoms with Crippen molar-refractivity contribution < 1.29 is 13.2 Å². The minimum absolute atomic E-state index is 0.360. The van der Waals surface area contributed by atoms with Crippen LogP contribution in [0, 0.1) is 17.5 Å². The van der Waals surface area contributed by atoms with Gasteiger partial charge in [-0.1, -0.05) is 6.92 Å². The van der Waals surface area contributed by atoms with Crippen LogP contribution < -0.4 is 5.32 Å². The highest BCUT2D eigenvalue weighted by molar-refractivity contribution is 5.19. The Balaban J connectivity index is 1.86. The number of halogens is 3. The highest BCUT2D eigenvalue weighted by Crippen LogP contribution is 2.15. The van der Waals surface area contributed by atoms with Crippen molar-refractivity contribution in [3.05, 3.63) is 35.1 Å². The fraction of sp³-hybridized carbons (Fsp3) is 0.571. The zero-order valence-corrected chi connectivity index (χ0v) is 11.1. The number of nitrogens with zero attached hydrogens (tertiary/aromatic N) is 1. The van der Waals surface area contributed by atoms with Crippen LogP contribution in [0.25, 0.3) is 0 Å². The summed E-state index contributed by atoms with van der Waals surface area (Å²) in [6.45, 7) is 5.64. The number of hydrogen-bond donors (Lipinski definition) is 1. The molecule has 5 heteroatoms. The van der Waals surface area contributed by atoms with E-state index < -0.39 is 17.5 Å². The molecular weight excluding hydrogens is 253 g/mol. The Hall–Kier alpha value is -1.07. The average Bonchev–Trinajstić information content (AvgIpc) is 2.43. The maximum atomic E-state index is 13.1. The number of hydrogen-bond acceptors (Lipinski definition) is 2. The molecule has 0 saturated carbocycles. The predicted octanol–water partition coefficient (Wildman–Crippen LogP) is 2.68. The SMILES string of the molecule is CCN1CCC(NCc2cc(F)c(F)c(F)c2)CC1. The fourth-order valence-corrected chi connectivity index (χ4v) is 2.43. The first-order valence-corrected chi connectivity index (χ1v) is 6.69. The monoisotopic (exact) mass is 272 g/mol. The van der Waals surface area contributed by atoms with Gasteiger partial charge in [-0.25, -0.2) is 13.2 Å². The second-order valence-corrected chi connectivity index (χ2v) is 4.96. The minimum Gasteiger partial charge on any atom is -0.310 e. The van der Waals surface area contributed by atoms with Gasteiger partial charge in [0.1, 0.15) is 0 Å². The molecule has 0 atom stereocenters. The molecule has 19 heavy (non-hydrogen) atoms. The highest BCUT2D eigenvalue weighted by atomic mass is 19.2. The molecule has 0 aromatic heterocycles. The zero-order chi connectivity index (χ0) is 13.8. The summed E-state index contributed by atoms with van der Waals surface area (Å²) in [5.41, 5.74) is 0.439. The van der Waals surface area contributed by atoms with Crippen molar-refractivity contribution in [2.45, 2.75) is 32.4 Å². The van der Waals surface area contributed by atoms with Gasteiger partial charge in [0.25, 0.3) is 0 Å². The van der Waals surface area contributed by atoms with Crippen LogP contribution in [0.2, 0.25) is 0 Å². The Morgan fingerprint density at radius 1 is 1.16 bits per heavy atom. The predicted molar refractivity (Wildman–Crippen MR) is 68.3 cm³/mol. The van der Waals surface area contributed by atoms with Gasteiger partial charge in [-0.3, -0.25) is 0 Å². The third-order valence-corrected chi connectivity index (χ3v) is 3.67. The zero-order valence-electron chi connectivity index (χ0n) is 11.1. The Kier molecular flexibility index (Phi) is 4.82. The summed E-state index contributed by atoms with van der Waals surface area (Å²) < 4.78 is 38.9. The van der Waals surface area contributed by atoms with Gasteiger partial charge in [0.2, 0.25) is 0 Å². The van der Waals surface area contributed by atoms with Crippen LogP contribution in [0.3, 0.4) is 0 Å². The largest absolute Gasteiger partial charge is 0.310 e. The smallest absolute Gasteiger partial charge is 0.194 e. The van der Waals surface area contributed by atoms with Gasteiger partial charge >= 0.3 is 0 Å². The number of nitrogens with one attached hydrogen (secondary N) is 1. The Labute approximate surface area is 111 Å². The van der Waals surface area contributed by atoms with Crippen LogP contribution in [0.15, 0.2) is 12.1 Å². The Bertz CT molecular complexity index is 406. The average molecular weight is 272 g/mol. The second kappa shape index (κ2) is 6.39. The number of likely N-dealkylation sites (tertiary alicyclic amines) is 1. The molecule has 1 saturated heterocycles.